The monoisotopic (exact) mass is 254 g/mol. The van der Waals surface area contributed by atoms with Crippen molar-refractivity contribution >= 4 is 0 Å². The van der Waals surface area contributed by atoms with Crippen molar-refractivity contribution in [3.05, 3.63) is 0 Å². The second kappa shape index (κ2) is 3.94. The topological polar surface area (TPSA) is 53.0 Å². The zero-order chi connectivity index (χ0) is 13.1. The van der Waals surface area contributed by atoms with Gasteiger partial charge in [-0.3, -0.25) is 0 Å². The van der Waals surface area contributed by atoms with Gasteiger partial charge in [0.1, 0.15) is 0 Å². The highest BCUT2D eigenvalue weighted by Gasteiger charge is 2.66. The van der Waals surface area contributed by atoms with Crippen LogP contribution in [0.1, 0.15) is 46.5 Å². The van der Waals surface area contributed by atoms with Gasteiger partial charge >= 0.3 is 0 Å². The minimum Gasteiger partial charge on any atom is -0.393 e. The maximum absolute atomic E-state index is 10.8. The maximum Gasteiger partial charge on any atom is 0.0976 e. The Morgan fingerprint density at radius 1 is 1.17 bits per heavy atom. The molecule has 0 aromatic heterocycles. The van der Waals surface area contributed by atoms with Gasteiger partial charge < -0.3 is 14.9 Å². The molecule has 1 saturated heterocycles. The molecular weight excluding hydrogens is 228 g/mol. The van der Waals surface area contributed by atoms with Crippen LogP contribution in [0.15, 0.2) is 0 Å². The molecule has 3 fully saturated rings. The maximum atomic E-state index is 10.8. The molecule has 0 radical (unpaired) electrons. The van der Waals surface area contributed by atoms with Crippen LogP contribution in [0, 0.1) is 23.2 Å². The number of hydrogen-bond acceptors (Lipinski definition) is 3. The van der Waals surface area contributed by atoms with Gasteiger partial charge in [0.2, 0.25) is 0 Å². The molecule has 2 N–H and O–H groups in total. The summed E-state index contributed by atoms with van der Waals surface area (Å²) >= 11 is 0. The average molecular weight is 254 g/mol. The van der Waals surface area contributed by atoms with E-state index in [9.17, 15) is 10.2 Å². The molecule has 104 valence electrons. The van der Waals surface area contributed by atoms with Crippen LogP contribution in [0.4, 0.5) is 0 Å². The summed E-state index contributed by atoms with van der Waals surface area (Å²) in [6.45, 7) is 7.32. The smallest absolute Gasteiger partial charge is 0.0976 e. The predicted molar refractivity (Wildman–Crippen MR) is 69.1 cm³/mol. The molecule has 0 amide bonds. The number of aliphatic hydroxyl groups is 2. The van der Waals surface area contributed by atoms with E-state index in [4.69, 9.17) is 4.74 Å². The number of epoxide rings is 1. The molecular formula is C15H26O3. The number of hydrogen-bond donors (Lipinski definition) is 2. The number of rotatable bonds is 1. The van der Waals surface area contributed by atoms with Gasteiger partial charge in [-0.2, -0.15) is 0 Å². The summed E-state index contributed by atoms with van der Waals surface area (Å²) in [7, 11) is 0. The molecule has 6 atom stereocenters. The van der Waals surface area contributed by atoms with Crippen molar-refractivity contribution in [1.29, 1.82) is 0 Å². The lowest BCUT2D eigenvalue weighted by Crippen LogP contribution is -2.60. The Balaban J connectivity index is 1.93. The van der Waals surface area contributed by atoms with Gasteiger partial charge in [0.05, 0.1) is 24.4 Å². The van der Waals surface area contributed by atoms with E-state index < -0.39 is 0 Å². The lowest BCUT2D eigenvalue weighted by Gasteiger charge is -2.55. The number of ether oxygens (including phenoxy) is 1. The predicted octanol–water partition coefficient (Wildman–Crippen LogP) is 1.96. The molecule has 0 bridgehead atoms. The Labute approximate surface area is 110 Å². The van der Waals surface area contributed by atoms with Crippen molar-refractivity contribution in [3.63, 3.8) is 0 Å². The van der Waals surface area contributed by atoms with Gasteiger partial charge in [0.15, 0.2) is 0 Å². The summed E-state index contributed by atoms with van der Waals surface area (Å²) in [5.41, 5.74) is -0.263. The SMILES string of the molecule is CC(C)C1CCC2(C)C(O)CCC3(CO3)C2C1O. The zero-order valence-electron chi connectivity index (χ0n) is 11.7. The third-order valence-corrected chi connectivity index (χ3v) is 6.05. The van der Waals surface area contributed by atoms with Gasteiger partial charge in [-0.25, -0.2) is 0 Å². The summed E-state index contributed by atoms with van der Waals surface area (Å²) in [6.07, 6.45) is 3.19. The van der Waals surface area contributed by atoms with Gasteiger partial charge in [0, 0.05) is 11.3 Å². The van der Waals surface area contributed by atoms with Crippen molar-refractivity contribution < 1.29 is 14.9 Å². The molecule has 18 heavy (non-hydrogen) atoms. The highest BCUT2D eigenvalue weighted by atomic mass is 16.6. The van der Waals surface area contributed by atoms with Crippen molar-refractivity contribution in [2.24, 2.45) is 23.2 Å². The van der Waals surface area contributed by atoms with Gasteiger partial charge in [0.25, 0.3) is 0 Å². The average Bonchev–Trinajstić information content (AvgIpc) is 3.05. The van der Waals surface area contributed by atoms with E-state index in [0.29, 0.717) is 11.8 Å². The zero-order valence-corrected chi connectivity index (χ0v) is 11.7. The molecule has 0 aromatic rings. The highest BCUT2D eigenvalue weighted by molar-refractivity contribution is 5.15. The molecule has 1 heterocycles. The summed E-state index contributed by atoms with van der Waals surface area (Å²) in [5.74, 6) is 0.976. The summed E-state index contributed by atoms with van der Waals surface area (Å²) < 4.78 is 5.75. The summed E-state index contributed by atoms with van der Waals surface area (Å²) in [4.78, 5) is 0. The summed E-state index contributed by atoms with van der Waals surface area (Å²) in [6, 6.07) is 0. The first-order valence-corrected chi connectivity index (χ1v) is 7.41. The van der Waals surface area contributed by atoms with Crippen LogP contribution in [0.3, 0.4) is 0 Å². The van der Waals surface area contributed by atoms with Crippen LogP contribution in [0.25, 0.3) is 0 Å². The Morgan fingerprint density at radius 2 is 1.83 bits per heavy atom. The molecule has 2 saturated carbocycles. The largest absolute Gasteiger partial charge is 0.393 e. The molecule has 1 aliphatic heterocycles. The van der Waals surface area contributed by atoms with E-state index in [1.165, 1.54) is 0 Å². The Morgan fingerprint density at radius 3 is 2.39 bits per heavy atom. The normalized spacial score (nSPS) is 55.7. The van der Waals surface area contributed by atoms with Gasteiger partial charge in [-0.05, 0) is 37.5 Å². The van der Waals surface area contributed by atoms with Crippen LogP contribution in [0.5, 0.6) is 0 Å². The van der Waals surface area contributed by atoms with E-state index in [1.54, 1.807) is 0 Å². The Hall–Kier alpha value is -0.120. The first-order chi connectivity index (χ1) is 8.41. The van der Waals surface area contributed by atoms with E-state index in [-0.39, 0.29) is 29.1 Å². The lowest BCUT2D eigenvalue weighted by atomic mass is 9.51. The van der Waals surface area contributed by atoms with Crippen LogP contribution < -0.4 is 0 Å². The number of fused-ring (bicyclic) bond motifs is 2. The number of aliphatic hydroxyl groups excluding tert-OH is 2. The fourth-order valence-electron chi connectivity index (χ4n) is 4.74. The second-order valence-corrected chi connectivity index (χ2v) is 7.33. The first-order valence-electron chi connectivity index (χ1n) is 7.41. The van der Waals surface area contributed by atoms with Crippen LogP contribution in [-0.2, 0) is 4.74 Å². The third kappa shape index (κ3) is 1.60. The molecule has 6 unspecified atom stereocenters. The summed E-state index contributed by atoms with van der Waals surface area (Å²) in [5, 5.41) is 21.2. The Bertz CT molecular complexity index is 337. The van der Waals surface area contributed by atoms with Crippen molar-refractivity contribution in [2.75, 3.05) is 6.61 Å². The fourth-order valence-corrected chi connectivity index (χ4v) is 4.74. The highest BCUT2D eigenvalue weighted by Crippen LogP contribution is 2.61. The minimum atomic E-state index is -0.318. The Kier molecular flexibility index (Phi) is 2.82. The van der Waals surface area contributed by atoms with E-state index in [2.05, 4.69) is 20.8 Å². The molecule has 2 aliphatic carbocycles. The molecule has 0 aromatic carbocycles. The van der Waals surface area contributed by atoms with E-state index >= 15 is 0 Å². The van der Waals surface area contributed by atoms with Crippen LogP contribution in [0.2, 0.25) is 0 Å². The van der Waals surface area contributed by atoms with Gasteiger partial charge in [-0.15, -0.1) is 0 Å². The molecule has 3 aliphatic rings. The molecule has 3 heteroatoms. The quantitative estimate of drug-likeness (QED) is 0.703. The van der Waals surface area contributed by atoms with E-state index in [1.807, 2.05) is 0 Å². The van der Waals surface area contributed by atoms with E-state index in [0.717, 1.165) is 32.3 Å². The fraction of sp³-hybridized carbons (Fsp3) is 1.00. The van der Waals surface area contributed by atoms with Crippen LogP contribution in [-0.4, -0.2) is 34.6 Å². The first kappa shape index (κ1) is 12.9. The second-order valence-electron chi connectivity index (χ2n) is 7.33. The standard InChI is InChI=1S/C15H26O3/c1-9(2)10-4-6-14(3)11(16)5-7-15(8-18-15)13(14)12(10)17/h9-13,16-17H,4-8H2,1-3H3. The van der Waals surface area contributed by atoms with Gasteiger partial charge in [-0.1, -0.05) is 20.8 Å². The third-order valence-electron chi connectivity index (χ3n) is 6.05. The molecule has 3 rings (SSSR count). The lowest BCUT2D eigenvalue weighted by molar-refractivity contribution is -0.170. The van der Waals surface area contributed by atoms with Crippen molar-refractivity contribution in [2.45, 2.75) is 64.3 Å². The van der Waals surface area contributed by atoms with Crippen molar-refractivity contribution in [3.8, 4) is 0 Å². The van der Waals surface area contributed by atoms with Crippen LogP contribution >= 0.6 is 0 Å². The molecule has 1 spiro atoms. The minimum absolute atomic E-state index is 0.110. The van der Waals surface area contributed by atoms with Crippen molar-refractivity contribution in [1.82, 2.24) is 0 Å². The molecule has 3 nitrogen and oxygen atoms in total.